The molecule has 8 heteroatoms. The summed E-state index contributed by atoms with van der Waals surface area (Å²) in [6.07, 6.45) is 2.37. The average molecular weight is 364 g/mol. The minimum atomic E-state index is -0.517. The Balaban J connectivity index is 1.87. The minimum Gasteiger partial charge on any atom is -0.493 e. The summed E-state index contributed by atoms with van der Waals surface area (Å²) in [5.41, 5.74) is 0.376. The first-order valence-corrected chi connectivity index (χ1v) is 8.48. The Hall–Kier alpha value is -2.77. The van der Waals surface area contributed by atoms with Gasteiger partial charge in [0.2, 0.25) is 5.91 Å². The van der Waals surface area contributed by atoms with Gasteiger partial charge in [-0.25, -0.2) is 4.79 Å². The van der Waals surface area contributed by atoms with Crippen LogP contribution in [0.2, 0.25) is 0 Å². The van der Waals surface area contributed by atoms with Gasteiger partial charge in [-0.2, -0.15) is 0 Å². The predicted octanol–water partition coefficient (Wildman–Crippen LogP) is 0.989. The first kappa shape index (κ1) is 19.6. The highest BCUT2D eigenvalue weighted by Gasteiger charge is 2.18. The second-order valence-electron chi connectivity index (χ2n) is 5.82. The van der Waals surface area contributed by atoms with Crippen LogP contribution in [0.15, 0.2) is 18.2 Å². The Bertz CT molecular complexity index is 655. The van der Waals surface area contributed by atoms with Crippen LogP contribution in [0.25, 0.3) is 0 Å². The van der Waals surface area contributed by atoms with Gasteiger partial charge >= 0.3 is 5.97 Å². The third-order valence-electron chi connectivity index (χ3n) is 4.08. The molecule has 8 nitrogen and oxygen atoms in total. The number of rotatable bonds is 8. The van der Waals surface area contributed by atoms with Crippen molar-refractivity contribution in [2.45, 2.75) is 19.3 Å². The highest BCUT2D eigenvalue weighted by atomic mass is 16.6. The first-order chi connectivity index (χ1) is 12.5. The number of ether oxygens (including phenoxy) is 3. The van der Waals surface area contributed by atoms with Gasteiger partial charge in [-0.05, 0) is 31.0 Å². The van der Waals surface area contributed by atoms with Gasteiger partial charge in [0, 0.05) is 31.6 Å². The molecule has 2 amide bonds. The van der Waals surface area contributed by atoms with Crippen LogP contribution in [0.1, 0.15) is 29.6 Å². The van der Waals surface area contributed by atoms with E-state index in [1.165, 1.54) is 20.3 Å². The molecular formula is C18H24N2O6. The number of amides is 2. The third kappa shape index (κ3) is 5.37. The Kier molecular flexibility index (Phi) is 7.25. The lowest BCUT2D eigenvalue weighted by atomic mass is 10.2. The average Bonchev–Trinajstić information content (AvgIpc) is 3.20. The normalized spacial score (nSPS) is 13.2. The second kappa shape index (κ2) is 9.65. The van der Waals surface area contributed by atoms with E-state index in [0.717, 1.165) is 25.9 Å². The lowest BCUT2D eigenvalue weighted by Crippen LogP contribution is -2.32. The van der Waals surface area contributed by atoms with Crippen LogP contribution in [0.5, 0.6) is 11.5 Å². The fraction of sp³-hybridized carbons (Fsp3) is 0.500. The summed E-state index contributed by atoms with van der Waals surface area (Å²) in [6.45, 7) is 1.63. The van der Waals surface area contributed by atoms with E-state index < -0.39 is 5.97 Å². The van der Waals surface area contributed by atoms with E-state index in [1.54, 1.807) is 12.1 Å². The van der Waals surface area contributed by atoms with Crippen LogP contribution in [-0.4, -0.2) is 63.1 Å². The summed E-state index contributed by atoms with van der Waals surface area (Å²) < 4.78 is 15.0. The Morgan fingerprint density at radius 2 is 1.85 bits per heavy atom. The Labute approximate surface area is 152 Å². The van der Waals surface area contributed by atoms with Gasteiger partial charge in [-0.15, -0.1) is 0 Å². The van der Waals surface area contributed by atoms with E-state index in [0.29, 0.717) is 17.1 Å². The van der Waals surface area contributed by atoms with Crippen LogP contribution in [0.3, 0.4) is 0 Å². The molecule has 1 aliphatic heterocycles. The zero-order chi connectivity index (χ0) is 18.9. The molecule has 1 aromatic carbocycles. The smallest absolute Gasteiger partial charge is 0.343 e. The lowest BCUT2D eigenvalue weighted by molar-refractivity contribution is -0.143. The summed E-state index contributed by atoms with van der Waals surface area (Å²) in [5.74, 6) is -0.103. The Morgan fingerprint density at radius 3 is 2.50 bits per heavy atom. The molecule has 1 N–H and O–H groups in total. The molecule has 0 radical (unpaired) electrons. The molecule has 26 heavy (non-hydrogen) atoms. The van der Waals surface area contributed by atoms with E-state index >= 15 is 0 Å². The van der Waals surface area contributed by atoms with Crippen molar-refractivity contribution in [3.8, 4) is 11.5 Å². The van der Waals surface area contributed by atoms with Gasteiger partial charge in [0.25, 0.3) is 5.91 Å². The lowest BCUT2D eigenvalue weighted by Gasteiger charge is -2.15. The van der Waals surface area contributed by atoms with Crippen molar-refractivity contribution >= 4 is 17.8 Å². The Morgan fingerprint density at radius 1 is 1.12 bits per heavy atom. The number of hydrogen-bond donors (Lipinski definition) is 1. The minimum absolute atomic E-state index is 0.0620. The van der Waals surface area contributed by atoms with Crippen molar-refractivity contribution in [3.63, 3.8) is 0 Å². The monoisotopic (exact) mass is 364 g/mol. The van der Waals surface area contributed by atoms with Gasteiger partial charge in [0.15, 0.2) is 18.1 Å². The molecule has 1 aliphatic rings. The van der Waals surface area contributed by atoms with Gasteiger partial charge in [0.1, 0.15) is 0 Å². The van der Waals surface area contributed by atoms with Crippen molar-refractivity contribution in [2.75, 3.05) is 40.5 Å². The summed E-state index contributed by atoms with van der Waals surface area (Å²) in [5, 5.41) is 2.73. The number of methoxy groups -OCH3 is 2. The van der Waals surface area contributed by atoms with Crippen molar-refractivity contribution in [1.29, 1.82) is 0 Å². The van der Waals surface area contributed by atoms with Gasteiger partial charge in [-0.1, -0.05) is 0 Å². The molecular weight excluding hydrogens is 340 g/mol. The number of benzene rings is 1. The number of likely N-dealkylation sites (tertiary alicyclic amines) is 1. The quantitative estimate of drug-likeness (QED) is 0.692. The molecule has 142 valence electrons. The van der Waals surface area contributed by atoms with Crippen LogP contribution in [-0.2, 0) is 14.3 Å². The number of nitrogens with zero attached hydrogens (tertiary/aromatic N) is 1. The van der Waals surface area contributed by atoms with Gasteiger partial charge < -0.3 is 24.4 Å². The second-order valence-corrected chi connectivity index (χ2v) is 5.82. The fourth-order valence-electron chi connectivity index (χ4n) is 2.63. The molecule has 1 aromatic rings. The SMILES string of the molecule is COC(=O)COc1ccc(C(=O)NCCC(=O)N2CCCC2)cc1OC. The zero-order valence-electron chi connectivity index (χ0n) is 15.1. The van der Waals surface area contributed by atoms with E-state index in [2.05, 4.69) is 10.1 Å². The van der Waals surface area contributed by atoms with Crippen molar-refractivity contribution in [3.05, 3.63) is 23.8 Å². The van der Waals surface area contributed by atoms with Crippen LogP contribution >= 0.6 is 0 Å². The summed E-state index contributed by atoms with van der Waals surface area (Å²) >= 11 is 0. The van der Waals surface area contributed by atoms with Crippen molar-refractivity contribution in [1.82, 2.24) is 10.2 Å². The zero-order valence-corrected chi connectivity index (χ0v) is 15.1. The summed E-state index contributed by atoms with van der Waals surface area (Å²) in [7, 11) is 2.71. The summed E-state index contributed by atoms with van der Waals surface area (Å²) in [6, 6.07) is 4.63. The van der Waals surface area contributed by atoms with E-state index in [9.17, 15) is 14.4 Å². The fourth-order valence-corrected chi connectivity index (χ4v) is 2.63. The molecule has 0 atom stereocenters. The maximum absolute atomic E-state index is 12.2. The highest BCUT2D eigenvalue weighted by molar-refractivity contribution is 5.95. The van der Waals surface area contributed by atoms with E-state index in [1.807, 2.05) is 4.90 Å². The number of hydrogen-bond acceptors (Lipinski definition) is 6. The predicted molar refractivity (Wildman–Crippen MR) is 93.3 cm³/mol. The van der Waals surface area contributed by atoms with E-state index in [-0.39, 0.29) is 31.4 Å². The molecule has 0 bridgehead atoms. The molecule has 0 spiro atoms. The largest absolute Gasteiger partial charge is 0.493 e. The highest BCUT2D eigenvalue weighted by Crippen LogP contribution is 2.28. The van der Waals surface area contributed by atoms with Gasteiger partial charge in [0.05, 0.1) is 14.2 Å². The molecule has 0 unspecified atom stereocenters. The number of carbonyl (C=O) groups is 3. The topological polar surface area (TPSA) is 94.2 Å². The van der Waals surface area contributed by atoms with Crippen LogP contribution in [0, 0.1) is 0 Å². The van der Waals surface area contributed by atoms with Crippen molar-refractivity contribution < 1.29 is 28.6 Å². The summed E-state index contributed by atoms with van der Waals surface area (Å²) in [4.78, 5) is 37.2. The number of carbonyl (C=O) groups excluding carboxylic acids is 3. The van der Waals surface area contributed by atoms with Crippen molar-refractivity contribution in [2.24, 2.45) is 0 Å². The van der Waals surface area contributed by atoms with Gasteiger partial charge in [-0.3, -0.25) is 9.59 Å². The molecule has 0 saturated carbocycles. The molecule has 0 aromatic heterocycles. The maximum Gasteiger partial charge on any atom is 0.343 e. The number of esters is 1. The number of nitrogens with one attached hydrogen (secondary N) is 1. The van der Waals surface area contributed by atoms with Crippen LogP contribution in [0.4, 0.5) is 0 Å². The van der Waals surface area contributed by atoms with E-state index in [4.69, 9.17) is 9.47 Å². The maximum atomic E-state index is 12.2. The molecule has 1 fully saturated rings. The molecule has 1 saturated heterocycles. The standard InChI is InChI=1S/C18H24N2O6/c1-24-15-11-13(5-6-14(15)26-12-17(22)25-2)18(23)19-8-7-16(21)20-9-3-4-10-20/h5-6,11H,3-4,7-10,12H2,1-2H3,(H,19,23). The molecule has 1 heterocycles. The first-order valence-electron chi connectivity index (χ1n) is 8.48. The molecule has 0 aliphatic carbocycles. The molecule has 2 rings (SSSR count). The van der Waals surface area contributed by atoms with Crippen LogP contribution < -0.4 is 14.8 Å². The third-order valence-corrected chi connectivity index (χ3v) is 4.08.